The second kappa shape index (κ2) is 3.53. The number of fused-ring (bicyclic) bond motifs is 1. The molecular weight excluding hydrogens is 196 g/mol. The highest BCUT2D eigenvalue weighted by Crippen LogP contribution is 2.25. The van der Waals surface area contributed by atoms with Gasteiger partial charge in [-0.2, -0.15) is 0 Å². The second-order valence-corrected chi connectivity index (χ2v) is 3.20. The SMILES string of the molecule is O=Cc1ccc2c(c1)NC(=O)CC(=O)N2. The molecule has 5 nitrogen and oxygen atoms in total. The van der Waals surface area contributed by atoms with Crippen LogP contribution in [0.2, 0.25) is 0 Å². The Morgan fingerprint density at radius 3 is 2.40 bits per heavy atom. The van der Waals surface area contributed by atoms with Crippen molar-refractivity contribution in [1.29, 1.82) is 0 Å². The van der Waals surface area contributed by atoms with Crippen LogP contribution in [-0.4, -0.2) is 18.1 Å². The van der Waals surface area contributed by atoms with Gasteiger partial charge in [0.05, 0.1) is 11.4 Å². The number of hydrogen-bond donors (Lipinski definition) is 2. The van der Waals surface area contributed by atoms with Gasteiger partial charge in [0.2, 0.25) is 11.8 Å². The van der Waals surface area contributed by atoms with Crippen molar-refractivity contribution in [3.8, 4) is 0 Å². The molecule has 1 aliphatic heterocycles. The molecule has 1 aromatic carbocycles. The number of amides is 2. The van der Waals surface area contributed by atoms with Gasteiger partial charge in [-0.15, -0.1) is 0 Å². The van der Waals surface area contributed by atoms with Crippen LogP contribution in [0.25, 0.3) is 0 Å². The van der Waals surface area contributed by atoms with Crippen molar-refractivity contribution in [3.63, 3.8) is 0 Å². The number of anilines is 2. The first-order valence-electron chi connectivity index (χ1n) is 4.38. The van der Waals surface area contributed by atoms with Crippen LogP contribution in [0, 0.1) is 0 Å². The highest BCUT2D eigenvalue weighted by molar-refractivity contribution is 6.13. The third-order valence-corrected chi connectivity index (χ3v) is 2.05. The van der Waals surface area contributed by atoms with Crippen LogP contribution < -0.4 is 10.6 Å². The maximum Gasteiger partial charge on any atom is 0.233 e. The van der Waals surface area contributed by atoms with Gasteiger partial charge in [0.1, 0.15) is 12.7 Å². The van der Waals surface area contributed by atoms with Gasteiger partial charge in [0.25, 0.3) is 0 Å². The number of aldehydes is 1. The van der Waals surface area contributed by atoms with E-state index in [0.29, 0.717) is 23.2 Å². The van der Waals surface area contributed by atoms with Crippen LogP contribution in [0.15, 0.2) is 18.2 Å². The Kier molecular flexibility index (Phi) is 2.21. The van der Waals surface area contributed by atoms with E-state index in [1.165, 1.54) is 6.07 Å². The predicted octanol–water partition coefficient (Wildman–Crippen LogP) is 0.780. The molecule has 0 saturated heterocycles. The van der Waals surface area contributed by atoms with Gasteiger partial charge in [0.15, 0.2) is 0 Å². The predicted molar refractivity (Wildman–Crippen MR) is 53.7 cm³/mol. The molecule has 0 aliphatic carbocycles. The Morgan fingerprint density at radius 2 is 1.73 bits per heavy atom. The summed E-state index contributed by atoms with van der Waals surface area (Å²) >= 11 is 0. The standard InChI is InChI=1S/C10H8N2O3/c13-5-6-1-2-7-8(3-6)12-10(15)4-9(14)11-7/h1-3,5H,4H2,(H,11,14)(H,12,15). The Labute approximate surface area is 85.5 Å². The lowest BCUT2D eigenvalue weighted by Crippen LogP contribution is -2.16. The monoisotopic (exact) mass is 204 g/mol. The van der Waals surface area contributed by atoms with Crippen LogP contribution in [0.4, 0.5) is 11.4 Å². The zero-order valence-electron chi connectivity index (χ0n) is 7.74. The molecule has 0 unspecified atom stereocenters. The molecule has 1 heterocycles. The van der Waals surface area contributed by atoms with E-state index in [2.05, 4.69) is 10.6 Å². The summed E-state index contributed by atoms with van der Waals surface area (Å²) in [6.45, 7) is 0. The van der Waals surface area contributed by atoms with Gasteiger partial charge < -0.3 is 10.6 Å². The van der Waals surface area contributed by atoms with Crippen molar-refractivity contribution in [2.24, 2.45) is 0 Å². The molecular formula is C10H8N2O3. The topological polar surface area (TPSA) is 75.3 Å². The molecule has 0 saturated carbocycles. The highest BCUT2D eigenvalue weighted by Gasteiger charge is 2.17. The molecule has 0 aromatic heterocycles. The quantitative estimate of drug-likeness (QED) is 0.524. The van der Waals surface area contributed by atoms with E-state index in [0.717, 1.165) is 0 Å². The van der Waals surface area contributed by atoms with Crippen molar-refractivity contribution in [1.82, 2.24) is 0 Å². The lowest BCUT2D eigenvalue weighted by Gasteiger charge is -2.06. The van der Waals surface area contributed by atoms with Gasteiger partial charge in [0, 0.05) is 5.56 Å². The fourth-order valence-electron chi connectivity index (χ4n) is 1.38. The van der Waals surface area contributed by atoms with E-state index < -0.39 is 0 Å². The normalized spacial score (nSPS) is 14.7. The summed E-state index contributed by atoms with van der Waals surface area (Å²) in [6.07, 6.45) is 0.476. The molecule has 2 rings (SSSR count). The fraction of sp³-hybridized carbons (Fsp3) is 0.100. The van der Waals surface area contributed by atoms with Crippen molar-refractivity contribution < 1.29 is 14.4 Å². The van der Waals surface area contributed by atoms with E-state index in [1.54, 1.807) is 12.1 Å². The van der Waals surface area contributed by atoms with Gasteiger partial charge in [-0.05, 0) is 18.2 Å². The first-order valence-corrected chi connectivity index (χ1v) is 4.38. The Hall–Kier alpha value is -2.17. The summed E-state index contributed by atoms with van der Waals surface area (Å²) in [5.41, 5.74) is 1.41. The third kappa shape index (κ3) is 1.85. The Morgan fingerprint density at radius 1 is 1.07 bits per heavy atom. The average molecular weight is 204 g/mol. The molecule has 1 aliphatic rings. The number of carbonyl (C=O) groups excluding carboxylic acids is 3. The summed E-state index contributed by atoms with van der Waals surface area (Å²) in [5, 5.41) is 5.11. The molecule has 0 spiro atoms. The summed E-state index contributed by atoms with van der Waals surface area (Å²) in [7, 11) is 0. The largest absolute Gasteiger partial charge is 0.324 e. The molecule has 0 radical (unpaired) electrons. The molecule has 1 aromatic rings. The minimum Gasteiger partial charge on any atom is -0.324 e. The summed E-state index contributed by atoms with van der Waals surface area (Å²) in [4.78, 5) is 32.9. The van der Waals surface area contributed by atoms with Crippen molar-refractivity contribution in [2.75, 3.05) is 10.6 Å². The molecule has 0 fully saturated rings. The first-order chi connectivity index (χ1) is 7.19. The van der Waals surface area contributed by atoms with Crippen molar-refractivity contribution in [3.05, 3.63) is 23.8 Å². The molecule has 0 bridgehead atoms. The van der Waals surface area contributed by atoms with Gasteiger partial charge in [-0.25, -0.2) is 0 Å². The molecule has 76 valence electrons. The Balaban J connectivity index is 2.46. The zero-order chi connectivity index (χ0) is 10.8. The molecule has 2 amide bonds. The molecule has 2 N–H and O–H groups in total. The fourth-order valence-corrected chi connectivity index (χ4v) is 1.38. The van der Waals surface area contributed by atoms with Crippen molar-refractivity contribution >= 4 is 29.5 Å². The van der Waals surface area contributed by atoms with Crippen LogP contribution >= 0.6 is 0 Å². The lowest BCUT2D eigenvalue weighted by atomic mass is 10.2. The summed E-state index contributed by atoms with van der Waals surface area (Å²) in [5.74, 6) is -0.737. The number of rotatable bonds is 1. The van der Waals surface area contributed by atoms with Crippen molar-refractivity contribution in [2.45, 2.75) is 6.42 Å². The van der Waals surface area contributed by atoms with Crippen LogP contribution in [0.5, 0.6) is 0 Å². The first kappa shape index (κ1) is 9.39. The van der Waals surface area contributed by atoms with E-state index in [9.17, 15) is 14.4 Å². The Bertz CT molecular complexity index is 454. The maximum absolute atomic E-state index is 11.2. The molecule has 5 heteroatoms. The van der Waals surface area contributed by atoms with E-state index in [1.807, 2.05) is 0 Å². The molecule has 0 atom stereocenters. The lowest BCUT2D eigenvalue weighted by molar-refractivity contribution is -0.123. The number of nitrogens with one attached hydrogen (secondary N) is 2. The average Bonchev–Trinajstić information content (AvgIpc) is 2.33. The minimum absolute atomic E-state index is 0.203. The number of hydrogen-bond acceptors (Lipinski definition) is 3. The summed E-state index contributed by atoms with van der Waals surface area (Å²) in [6, 6.07) is 4.68. The van der Waals surface area contributed by atoms with Gasteiger partial charge >= 0.3 is 0 Å². The molecule has 15 heavy (non-hydrogen) atoms. The van der Waals surface area contributed by atoms with Gasteiger partial charge in [-0.1, -0.05) is 0 Å². The number of benzene rings is 1. The third-order valence-electron chi connectivity index (χ3n) is 2.05. The van der Waals surface area contributed by atoms with Crippen LogP contribution in [-0.2, 0) is 9.59 Å². The number of carbonyl (C=O) groups is 3. The van der Waals surface area contributed by atoms with Gasteiger partial charge in [-0.3, -0.25) is 14.4 Å². The van der Waals surface area contributed by atoms with E-state index in [4.69, 9.17) is 0 Å². The minimum atomic E-state index is -0.380. The van der Waals surface area contributed by atoms with E-state index in [-0.39, 0.29) is 18.2 Å². The van der Waals surface area contributed by atoms with Crippen LogP contribution in [0.1, 0.15) is 16.8 Å². The smallest absolute Gasteiger partial charge is 0.233 e. The van der Waals surface area contributed by atoms with Crippen LogP contribution in [0.3, 0.4) is 0 Å². The highest BCUT2D eigenvalue weighted by atomic mass is 16.2. The summed E-state index contributed by atoms with van der Waals surface area (Å²) < 4.78 is 0. The zero-order valence-corrected chi connectivity index (χ0v) is 7.74. The van der Waals surface area contributed by atoms with E-state index >= 15 is 0 Å². The second-order valence-electron chi connectivity index (χ2n) is 3.20. The maximum atomic E-state index is 11.2.